The average molecular weight is 568 g/mol. The van der Waals surface area contributed by atoms with Crippen LogP contribution in [-0.4, -0.2) is 47.3 Å². The van der Waals surface area contributed by atoms with Crippen molar-refractivity contribution < 1.29 is 23.1 Å². The predicted octanol–water partition coefficient (Wildman–Crippen LogP) is 6.19. The normalized spacial score (nSPS) is 23.5. The molecule has 2 aromatic rings. The molecule has 0 bridgehead atoms. The fraction of sp³-hybridized carbons (Fsp3) is 0.464. The zero-order valence-electron chi connectivity index (χ0n) is 21.5. The highest BCUT2D eigenvalue weighted by atomic mass is 35.5. The van der Waals surface area contributed by atoms with Crippen molar-refractivity contribution in [3.63, 3.8) is 0 Å². The van der Waals surface area contributed by atoms with Crippen molar-refractivity contribution in [3.8, 4) is 0 Å². The molecule has 3 rings (SSSR count). The lowest BCUT2D eigenvalue weighted by Gasteiger charge is -2.55. The summed E-state index contributed by atoms with van der Waals surface area (Å²) >= 11 is 12.5. The van der Waals surface area contributed by atoms with Crippen LogP contribution < -0.4 is 0 Å². The highest BCUT2D eigenvalue weighted by molar-refractivity contribution is 7.92. The molecule has 37 heavy (non-hydrogen) atoms. The van der Waals surface area contributed by atoms with Gasteiger partial charge in [0.25, 0.3) is 0 Å². The zero-order valence-corrected chi connectivity index (χ0v) is 23.9. The molecule has 0 aromatic heterocycles. The topological polar surface area (TPSA) is 91.8 Å². The minimum absolute atomic E-state index is 0.157. The molecule has 1 amide bonds. The van der Waals surface area contributed by atoms with Gasteiger partial charge in [0.1, 0.15) is 0 Å². The van der Waals surface area contributed by atoms with E-state index in [1.165, 1.54) is 0 Å². The molecule has 202 valence electrons. The van der Waals surface area contributed by atoms with Gasteiger partial charge in [-0.2, -0.15) is 0 Å². The second-order valence-electron chi connectivity index (χ2n) is 10.6. The number of halogens is 2. The molecule has 0 radical (unpaired) electrons. The van der Waals surface area contributed by atoms with Crippen molar-refractivity contribution in [1.82, 2.24) is 4.90 Å². The Morgan fingerprint density at radius 2 is 1.70 bits per heavy atom. The van der Waals surface area contributed by atoms with Crippen LogP contribution >= 0.6 is 23.2 Å². The van der Waals surface area contributed by atoms with Gasteiger partial charge in [0, 0.05) is 28.4 Å². The van der Waals surface area contributed by atoms with E-state index in [0.29, 0.717) is 10.0 Å². The predicted molar refractivity (Wildman–Crippen MR) is 147 cm³/mol. The summed E-state index contributed by atoms with van der Waals surface area (Å²) < 4.78 is 26.3. The first-order chi connectivity index (χ1) is 17.2. The SMILES string of the molecule is [CH2-]C1(CC(=O)O)CC(c2cccc(Cl)c2)C(c2ccc(Cl)cc2)N(C(CS(=O)(=O)C(C)C)C(C)C)C1=O. The molecular formula is C28H34Cl2NO5S-. The molecule has 0 spiro atoms. The smallest absolute Gasteiger partial charge is 0.301 e. The molecule has 0 aliphatic carbocycles. The van der Waals surface area contributed by atoms with Gasteiger partial charge in [-0.15, -0.1) is 0 Å². The van der Waals surface area contributed by atoms with Crippen LogP contribution in [0.4, 0.5) is 0 Å². The van der Waals surface area contributed by atoms with E-state index < -0.39 is 56.8 Å². The van der Waals surface area contributed by atoms with Crippen molar-refractivity contribution in [3.05, 3.63) is 76.6 Å². The van der Waals surface area contributed by atoms with Crippen molar-refractivity contribution in [2.24, 2.45) is 11.3 Å². The fourth-order valence-electron chi connectivity index (χ4n) is 5.12. The van der Waals surface area contributed by atoms with Crippen molar-refractivity contribution in [1.29, 1.82) is 0 Å². The summed E-state index contributed by atoms with van der Waals surface area (Å²) in [6, 6.07) is 13.1. The number of hydrogen-bond acceptors (Lipinski definition) is 4. The molecule has 4 atom stereocenters. The number of carboxylic acids is 1. The van der Waals surface area contributed by atoms with Crippen LogP contribution in [0.15, 0.2) is 48.5 Å². The second-order valence-corrected chi connectivity index (χ2v) is 14.1. The number of piperidine rings is 1. The number of amides is 1. The second kappa shape index (κ2) is 11.3. The van der Waals surface area contributed by atoms with E-state index in [1.807, 2.05) is 38.1 Å². The molecule has 1 N–H and O–H groups in total. The third-order valence-electron chi connectivity index (χ3n) is 7.21. The third-order valence-corrected chi connectivity index (χ3v) is 9.94. The monoisotopic (exact) mass is 566 g/mol. The average Bonchev–Trinajstić information content (AvgIpc) is 2.79. The maximum Gasteiger partial charge on any atom is 0.301 e. The first-order valence-corrected chi connectivity index (χ1v) is 14.8. The van der Waals surface area contributed by atoms with Crippen molar-refractivity contribution >= 4 is 44.9 Å². The number of rotatable bonds is 9. The summed E-state index contributed by atoms with van der Waals surface area (Å²) in [7, 11) is -3.55. The number of aliphatic carboxylic acids is 1. The molecule has 4 unspecified atom stereocenters. The zero-order chi connectivity index (χ0) is 27.7. The minimum Gasteiger partial charge on any atom is -0.481 e. The van der Waals surface area contributed by atoms with Gasteiger partial charge in [0.15, 0.2) is 15.7 Å². The van der Waals surface area contributed by atoms with E-state index in [4.69, 9.17) is 23.2 Å². The molecule has 9 heteroatoms. The Morgan fingerprint density at radius 3 is 2.22 bits per heavy atom. The van der Waals surface area contributed by atoms with Crippen LogP contribution in [0.3, 0.4) is 0 Å². The molecule has 1 fully saturated rings. The van der Waals surface area contributed by atoms with E-state index >= 15 is 0 Å². The Labute approximate surface area is 229 Å². The van der Waals surface area contributed by atoms with Crippen LogP contribution in [0, 0.1) is 18.3 Å². The fourth-order valence-corrected chi connectivity index (χ4v) is 6.85. The lowest BCUT2D eigenvalue weighted by molar-refractivity contribution is -0.158. The maximum atomic E-state index is 14.2. The lowest BCUT2D eigenvalue weighted by Crippen LogP contribution is -2.59. The molecule has 1 heterocycles. The van der Waals surface area contributed by atoms with Crippen LogP contribution in [0.5, 0.6) is 0 Å². The summed E-state index contributed by atoms with van der Waals surface area (Å²) in [5, 5.41) is 10.1. The van der Waals surface area contributed by atoms with Gasteiger partial charge in [0.2, 0.25) is 0 Å². The van der Waals surface area contributed by atoms with Crippen LogP contribution in [0.2, 0.25) is 10.0 Å². The van der Waals surface area contributed by atoms with E-state index in [0.717, 1.165) is 11.1 Å². The number of sulfone groups is 1. The van der Waals surface area contributed by atoms with Gasteiger partial charge in [-0.1, -0.05) is 73.2 Å². The molecule has 6 nitrogen and oxygen atoms in total. The number of hydrogen-bond donors (Lipinski definition) is 1. The molecule has 2 aromatic carbocycles. The summed E-state index contributed by atoms with van der Waals surface area (Å²) in [5.74, 6) is -2.49. The first kappa shape index (κ1) is 29.5. The highest BCUT2D eigenvalue weighted by Gasteiger charge is 2.50. The third kappa shape index (κ3) is 6.50. The van der Waals surface area contributed by atoms with Gasteiger partial charge in [-0.25, -0.2) is 8.42 Å². The summed E-state index contributed by atoms with van der Waals surface area (Å²) in [6.45, 7) is 11.1. The largest absolute Gasteiger partial charge is 0.481 e. The quantitative estimate of drug-likeness (QED) is 0.365. The standard InChI is InChI=1S/C28H34Cl2NO5S/c1-17(2)24(16-37(35,36)18(3)4)31-26(19-9-11-21(29)12-10-19)23(20-7-6-8-22(30)13-20)14-28(5,27(31)34)15-25(32)33/h6-13,17-18,23-24,26H,5,14-16H2,1-4H3,(H,32,33)/q-1. The van der Waals surface area contributed by atoms with Gasteiger partial charge in [0.05, 0.1) is 17.0 Å². The molecular weight excluding hydrogens is 533 g/mol. The number of benzene rings is 2. The van der Waals surface area contributed by atoms with Gasteiger partial charge in [-0.3, -0.25) is 9.59 Å². The number of carbonyl (C=O) groups excluding carboxylic acids is 1. The number of nitrogens with zero attached hydrogens (tertiary/aromatic N) is 1. The van der Waals surface area contributed by atoms with Crippen LogP contribution in [-0.2, 0) is 19.4 Å². The molecule has 1 aliphatic rings. The van der Waals surface area contributed by atoms with E-state index in [-0.39, 0.29) is 18.1 Å². The molecule has 1 aliphatic heterocycles. The highest BCUT2D eigenvalue weighted by Crippen LogP contribution is 2.52. The number of likely N-dealkylation sites (tertiary alicyclic amines) is 1. The Morgan fingerprint density at radius 1 is 1.08 bits per heavy atom. The summed E-state index contributed by atoms with van der Waals surface area (Å²) in [4.78, 5) is 27.7. The van der Waals surface area contributed by atoms with Crippen molar-refractivity contribution in [2.45, 2.75) is 63.8 Å². The van der Waals surface area contributed by atoms with Gasteiger partial charge < -0.3 is 16.9 Å². The van der Waals surface area contributed by atoms with E-state index in [9.17, 15) is 23.1 Å². The Balaban J connectivity index is 2.30. The van der Waals surface area contributed by atoms with Crippen molar-refractivity contribution in [2.75, 3.05) is 5.75 Å². The number of carbonyl (C=O) groups is 2. The van der Waals surface area contributed by atoms with Gasteiger partial charge >= 0.3 is 5.97 Å². The van der Waals surface area contributed by atoms with Crippen LogP contribution in [0.1, 0.15) is 63.6 Å². The minimum atomic E-state index is -3.55. The van der Waals surface area contributed by atoms with E-state index in [1.54, 1.807) is 43.0 Å². The Hall–Kier alpha value is -2.09. The summed E-state index contributed by atoms with van der Waals surface area (Å²) in [6.07, 6.45) is -0.321. The maximum absolute atomic E-state index is 14.2. The number of carboxylic acid groups (broad SMARTS) is 1. The lowest BCUT2D eigenvalue weighted by atomic mass is 9.66. The van der Waals surface area contributed by atoms with Gasteiger partial charge in [-0.05, 0) is 55.2 Å². The first-order valence-electron chi connectivity index (χ1n) is 12.3. The Kier molecular flexibility index (Phi) is 9.03. The Bertz CT molecular complexity index is 1250. The van der Waals surface area contributed by atoms with E-state index in [2.05, 4.69) is 6.92 Å². The van der Waals surface area contributed by atoms with Crippen LogP contribution in [0.25, 0.3) is 0 Å². The molecule has 1 saturated heterocycles. The molecule has 0 saturated carbocycles. The summed E-state index contributed by atoms with van der Waals surface area (Å²) in [5.41, 5.74) is 0.0986.